The highest BCUT2D eigenvalue weighted by molar-refractivity contribution is 8.18. The molecule has 0 N–H and O–H groups in total. The van der Waals surface area contributed by atoms with Gasteiger partial charge in [0.05, 0.1) is 11.0 Å². The SMILES string of the molecule is CC(C)OC(=O)CN1C(=O)S/C(=C\c2ccc(-c3ccc(F)cc3)o2)C1=O. The Labute approximate surface area is 159 Å². The van der Waals surface area contributed by atoms with Crippen molar-refractivity contribution in [2.24, 2.45) is 0 Å². The average Bonchev–Trinajstić information content (AvgIpc) is 3.16. The first kappa shape index (κ1) is 18.9. The first-order valence-corrected chi connectivity index (χ1v) is 8.96. The monoisotopic (exact) mass is 389 g/mol. The number of carbonyl (C=O) groups is 3. The molecule has 2 aromatic rings. The Balaban J connectivity index is 1.74. The maximum Gasteiger partial charge on any atom is 0.326 e. The van der Waals surface area contributed by atoms with Gasteiger partial charge in [-0.25, -0.2) is 4.39 Å². The first-order chi connectivity index (χ1) is 12.8. The third kappa shape index (κ3) is 4.46. The Bertz CT molecular complexity index is 916. The molecule has 1 aliphatic rings. The normalized spacial score (nSPS) is 15.9. The van der Waals surface area contributed by atoms with Crippen molar-refractivity contribution in [3.63, 3.8) is 0 Å². The number of benzene rings is 1. The number of furan rings is 1. The predicted molar refractivity (Wildman–Crippen MR) is 98.0 cm³/mol. The number of ether oxygens (including phenoxy) is 1. The van der Waals surface area contributed by atoms with Crippen molar-refractivity contribution in [3.05, 3.63) is 52.9 Å². The molecule has 2 heterocycles. The number of imide groups is 1. The number of nitrogens with zero attached hydrogens (tertiary/aromatic N) is 1. The summed E-state index contributed by atoms with van der Waals surface area (Å²) in [5.41, 5.74) is 0.681. The van der Waals surface area contributed by atoms with Crippen LogP contribution in [0.15, 0.2) is 45.7 Å². The molecule has 0 atom stereocenters. The van der Waals surface area contributed by atoms with Crippen molar-refractivity contribution >= 4 is 35.0 Å². The van der Waals surface area contributed by atoms with Crippen molar-refractivity contribution in [1.82, 2.24) is 4.90 Å². The van der Waals surface area contributed by atoms with E-state index in [4.69, 9.17) is 9.15 Å². The van der Waals surface area contributed by atoms with E-state index in [1.54, 1.807) is 38.1 Å². The van der Waals surface area contributed by atoms with Gasteiger partial charge in [0.25, 0.3) is 11.1 Å². The number of hydrogen-bond acceptors (Lipinski definition) is 6. The highest BCUT2D eigenvalue weighted by Crippen LogP contribution is 2.33. The Kier molecular flexibility index (Phi) is 5.46. The fourth-order valence-electron chi connectivity index (χ4n) is 2.39. The van der Waals surface area contributed by atoms with E-state index >= 15 is 0 Å². The molecule has 2 amide bonds. The van der Waals surface area contributed by atoms with Crippen molar-refractivity contribution in [3.8, 4) is 11.3 Å². The van der Waals surface area contributed by atoms with Gasteiger partial charge in [-0.15, -0.1) is 0 Å². The van der Waals surface area contributed by atoms with E-state index in [2.05, 4.69) is 0 Å². The van der Waals surface area contributed by atoms with Gasteiger partial charge in [0.2, 0.25) is 0 Å². The van der Waals surface area contributed by atoms with Gasteiger partial charge in [-0.1, -0.05) is 0 Å². The van der Waals surface area contributed by atoms with Gasteiger partial charge in [0, 0.05) is 11.6 Å². The highest BCUT2D eigenvalue weighted by Gasteiger charge is 2.37. The summed E-state index contributed by atoms with van der Waals surface area (Å²) in [4.78, 5) is 37.1. The number of carbonyl (C=O) groups excluding carboxylic acids is 3. The second-order valence-electron chi connectivity index (χ2n) is 6.02. The minimum absolute atomic E-state index is 0.150. The van der Waals surface area contributed by atoms with Crippen LogP contribution in [0.1, 0.15) is 19.6 Å². The molecule has 140 valence electrons. The van der Waals surface area contributed by atoms with Gasteiger partial charge in [-0.2, -0.15) is 0 Å². The maximum atomic E-state index is 13.0. The van der Waals surface area contributed by atoms with Crippen LogP contribution in [0.4, 0.5) is 9.18 Å². The minimum Gasteiger partial charge on any atom is -0.462 e. The average molecular weight is 389 g/mol. The largest absolute Gasteiger partial charge is 0.462 e. The molecule has 0 unspecified atom stereocenters. The lowest BCUT2D eigenvalue weighted by atomic mass is 10.2. The van der Waals surface area contributed by atoms with Crippen LogP contribution in [-0.2, 0) is 14.3 Å². The number of amides is 2. The maximum absolute atomic E-state index is 13.0. The predicted octanol–water partition coefficient (Wildman–Crippen LogP) is 4.07. The Morgan fingerprint density at radius 1 is 1.22 bits per heavy atom. The van der Waals surface area contributed by atoms with E-state index in [0.717, 1.165) is 16.7 Å². The summed E-state index contributed by atoms with van der Waals surface area (Å²) in [5.74, 6) is -0.712. The molecule has 0 saturated carbocycles. The lowest BCUT2D eigenvalue weighted by Crippen LogP contribution is -2.35. The van der Waals surface area contributed by atoms with E-state index < -0.39 is 23.7 Å². The van der Waals surface area contributed by atoms with E-state index in [-0.39, 0.29) is 16.8 Å². The van der Waals surface area contributed by atoms with Crippen molar-refractivity contribution in [2.75, 3.05) is 6.54 Å². The molecule has 0 radical (unpaired) electrons. The zero-order chi connectivity index (χ0) is 19.6. The molecule has 1 saturated heterocycles. The zero-order valence-corrected chi connectivity index (χ0v) is 15.4. The van der Waals surface area contributed by atoms with E-state index in [9.17, 15) is 18.8 Å². The second-order valence-corrected chi connectivity index (χ2v) is 7.01. The minimum atomic E-state index is -0.648. The summed E-state index contributed by atoms with van der Waals surface area (Å²) in [6.45, 7) is 2.93. The number of halogens is 1. The van der Waals surface area contributed by atoms with E-state index in [1.807, 2.05) is 0 Å². The lowest BCUT2D eigenvalue weighted by Gasteiger charge is -2.13. The van der Waals surface area contributed by atoms with Crippen LogP contribution >= 0.6 is 11.8 Å². The van der Waals surface area contributed by atoms with Crippen molar-refractivity contribution in [1.29, 1.82) is 0 Å². The molecular weight excluding hydrogens is 373 g/mol. The molecule has 1 fully saturated rings. The Hall–Kier alpha value is -2.87. The quantitative estimate of drug-likeness (QED) is 0.567. The summed E-state index contributed by atoms with van der Waals surface area (Å²) in [6, 6.07) is 9.11. The van der Waals surface area contributed by atoms with E-state index in [0.29, 0.717) is 17.1 Å². The van der Waals surface area contributed by atoms with Crippen LogP contribution in [-0.4, -0.2) is 34.7 Å². The van der Waals surface area contributed by atoms with Crippen LogP contribution < -0.4 is 0 Å². The summed E-state index contributed by atoms with van der Waals surface area (Å²) in [6.07, 6.45) is 1.10. The summed E-state index contributed by atoms with van der Waals surface area (Å²) >= 11 is 0.726. The molecule has 1 aliphatic heterocycles. The van der Waals surface area contributed by atoms with Crippen LogP contribution in [0.2, 0.25) is 0 Å². The molecule has 0 bridgehead atoms. The highest BCUT2D eigenvalue weighted by atomic mass is 32.2. The smallest absolute Gasteiger partial charge is 0.326 e. The zero-order valence-electron chi connectivity index (χ0n) is 14.6. The number of thioether (sulfide) groups is 1. The third-order valence-corrected chi connectivity index (χ3v) is 4.46. The van der Waals surface area contributed by atoms with Gasteiger partial charge < -0.3 is 9.15 Å². The molecule has 0 spiro atoms. The third-order valence-electron chi connectivity index (χ3n) is 3.56. The van der Waals surface area contributed by atoms with E-state index in [1.165, 1.54) is 18.2 Å². The Morgan fingerprint density at radius 2 is 1.93 bits per heavy atom. The molecule has 1 aromatic carbocycles. The van der Waals surface area contributed by atoms with Gasteiger partial charge in [-0.3, -0.25) is 19.3 Å². The molecular formula is C19H16FNO5S. The number of hydrogen-bond donors (Lipinski definition) is 0. The molecule has 6 nitrogen and oxygen atoms in total. The van der Waals surface area contributed by atoms with Crippen LogP contribution in [0, 0.1) is 5.82 Å². The van der Waals surface area contributed by atoms with Crippen LogP contribution in [0.25, 0.3) is 17.4 Å². The van der Waals surface area contributed by atoms with Crippen LogP contribution in [0.5, 0.6) is 0 Å². The molecule has 8 heteroatoms. The Morgan fingerprint density at radius 3 is 2.59 bits per heavy atom. The summed E-state index contributed by atoms with van der Waals surface area (Å²) in [5, 5.41) is -0.544. The topological polar surface area (TPSA) is 76.8 Å². The molecule has 1 aromatic heterocycles. The van der Waals surface area contributed by atoms with Gasteiger partial charge in [0.15, 0.2) is 0 Å². The number of esters is 1. The molecule has 3 rings (SSSR count). The summed E-state index contributed by atoms with van der Waals surface area (Å²) < 4.78 is 23.6. The fourth-order valence-corrected chi connectivity index (χ4v) is 3.21. The van der Waals surface area contributed by atoms with Gasteiger partial charge in [-0.05, 0) is 62.0 Å². The van der Waals surface area contributed by atoms with Gasteiger partial charge in [0.1, 0.15) is 23.9 Å². The van der Waals surface area contributed by atoms with Crippen molar-refractivity contribution in [2.45, 2.75) is 20.0 Å². The lowest BCUT2D eigenvalue weighted by molar-refractivity contribution is -0.149. The fraction of sp³-hybridized carbons (Fsp3) is 0.211. The van der Waals surface area contributed by atoms with Crippen molar-refractivity contribution < 1.29 is 27.9 Å². The standard InChI is InChI=1S/C19H16FNO5S/c1-11(2)25-17(22)10-21-18(23)16(27-19(21)24)9-14-7-8-15(26-14)12-3-5-13(20)6-4-12/h3-9,11H,10H2,1-2H3/b16-9-. The number of rotatable bonds is 5. The van der Waals surface area contributed by atoms with Crippen LogP contribution in [0.3, 0.4) is 0 Å². The second kappa shape index (κ2) is 7.79. The molecule has 0 aliphatic carbocycles. The first-order valence-electron chi connectivity index (χ1n) is 8.14. The van der Waals surface area contributed by atoms with Gasteiger partial charge >= 0.3 is 5.97 Å². The summed E-state index contributed by atoms with van der Waals surface area (Å²) in [7, 11) is 0. The molecule has 27 heavy (non-hydrogen) atoms.